The van der Waals surface area contributed by atoms with Crippen LogP contribution in [0.25, 0.3) is 0 Å². The smallest absolute Gasteiger partial charge is 0.318 e. The monoisotopic (exact) mass is 326 g/mol. The van der Waals surface area contributed by atoms with Crippen LogP contribution in [0.1, 0.15) is 43.0 Å². The number of nitrogens with one attached hydrogen (secondary N) is 1. The van der Waals surface area contributed by atoms with E-state index in [9.17, 15) is 4.79 Å². The molecule has 0 spiro atoms. The van der Waals surface area contributed by atoms with Gasteiger partial charge in [0.25, 0.3) is 0 Å². The van der Waals surface area contributed by atoms with Crippen molar-refractivity contribution in [3.05, 3.63) is 47.6 Å². The molecule has 126 valence electrons. The van der Waals surface area contributed by atoms with Crippen molar-refractivity contribution in [1.29, 1.82) is 0 Å². The minimum absolute atomic E-state index is 0.0483. The van der Waals surface area contributed by atoms with Crippen molar-refractivity contribution in [1.82, 2.24) is 20.4 Å². The molecule has 2 fully saturated rings. The number of amides is 2. The van der Waals surface area contributed by atoms with E-state index in [-0.39, 0.29) is 18.1 Å². The molecule has 2 aromatic rings. The highest BCUT2D eigenvalue weighted by Crippen LogP contribution is 2.53. The normalized spacial score (nSPS) is 25.7. The number of urea groups is 1. The number of likely N-dealkylation sites (tertiary alicyclic amines) is 1. The van der Waals surface area contributed by atoms with Gasteiger partial charge in [-0.15, -0.1) is 0 Å². The van der Waals surface area contributed by atoms with Gasteiger partial charge in [0, 0.05) is 12.5 Å². The van der Waals surface area contributed by atoms with E-state index in [0.29, 0.717) is 17.6 Å². The van der Waals surface area contributed by atoms with Crippen molar-refractivity contribution in [3.63, 3.8) is 0 Å². The van der Waals surface area contributed by atoms with Crippen molar-refractivity contribution < 1.29 is 9.32 Å². The second-order valence-electron chi connectivity index (χ2n) is 6.74. The number of nitrogens with zero attached hydrogens (tertiary/aromatic N) is 3. The second kappa shape index (κ2) is 5.92. The van der Waals surface area contributed by atoms with E-state index >= 15 is 0 Å². The van der Waals surface area contributed by atoms with E-state index in [1.54, 1.807) is 6.92 Å². The van der Waals surface area contributed by atoms with E-state index in [2.05, 4.69) is 39.7 Å². The van der Waals surface area contributed by atoms with Crippen LogP contribution in [0.2, 0.25) is 0 Å². The Bertz CT molecular complexity index is 730. The largest absolute Gasteiger partial charge is 0.337 e. The molecule has 1 aromatic heterocycles. The van der Waals surface area contributed by atoms with Gasteiger partial charge in [-0.25, -0.2) is 4.79 Å². The van der Waals surface area contributed by atoms with Crippen LogP contribution in [-0.4, -0.2) is 27.6 Å². The standard InChI is InChI=1S/C18H22N4O2/c1-13-20-16(24-21-13)11-19-17(23)22-12-15-9-5-6-10-18(15,22)14-7-3-2-4-8-14/h2-4,7-8,15H,5-6,9-12H2,1H3,(H,19,23)/t15-,18+/m1/s1. The molecule has 0 bridgehead atoms. The minimum Gasteiger partial charge on any atom is -0.337 e. The molecule has 1 aliphatic carbocycles. The summed E-state index contributed by atoms with van der Waals surface area (Å²) in [6, 6.07) is 10.4. The Hall–Kier alpha value is -2.37. The van der Waals surface area contributed by atoms with Crippen LogP contribution in [0, 0.1) is 12.8 Å². The summed E-state index contributed by atoms with van der Waals surface area (Å²) in [5.41, 5.74) is 1.11. The van der Waals surface area contributed by atoms with Crippen LogP contribution < -0.4 is 5.32 Å². The summed E-state index contributed by atoms with van der Waals surface area (Å²) < 4.78 is 5.07. The van der Waals surface area contributed by atoms with Gasteiger partial charge in [0.1, 0.15) is 0 Å². The Balaban J connectivity index is 1.52. The Kier molecular flexibility index (Phi) is 3.75. The quantitative estimate of drug-likeness (QED) is 0.941. The summed E-state index contributed by atoms with van der Waals surface area (Å²) in [7, 11) is 0. The van der Waals surface area contributed by atoms with E-state index in [0.717, 1.165) is 19.4 Å². The van der Waals surface area contributed by atoms with Crippen LogP contribution in [-0.2, 0) is 12.1 Å². The SMILES string of the molecule is Cc1noc(CNC(=O)N2C[C@H]3CCCC[C@]32c2ccccc2)n1. The third-order valence-electron chi connectivity index (χ3n) is 5.40. The fourth-order valence-corrected chi connectivity index (χ4v) is 4.28. The van der Waals surface area contributed by atoms with Crippen LogP contribution in [0.5, 0.6) is 0 Å². The average molecular weight is 326 g/mol. The van der Waals surface area contributed by atoms with Crippen LogP contribution in [0.4, 0.5) is 4.79 Å². The highest BCUT2D eigenvalue weighted by Gasteiger charge is 2.56. The molecule has 6 heteroatoms. The highest BCUT2D eigenvalue weighted by molar-refractivity contribution is 5.76. The molecule has 6 nitrogen and oxygen atoms in total. The first kappa shape index (κ1) is 15.2. The summed E-state index contributed by atoms with van der Waals surface area (Å²) in [4.78, 5) is 18.9. The first-order valence-electron chi connectivity index (χ1n) is 8.60. The van der Waals surface area contributed by atoms with E-state index in [1.165, 1.54) is 18.4 Å². The summed E-state index contributed by atoms with van der Waals surface area (Å²) in [5, 5.41) is 6.68. The number of aromatic nitrogens is 2. The molecule has 2 aliphatic rings. The van der Waals surface area contributed by atoms with E-state index in [1.807, 2.05) is 11.0 Å². The van der Waals surface area contributed by atoms with Gasteiger partial charge in [-0.3, -0.25) is 0 Å². The molecule has 0 unspecified atom stereocenters. The van der Waals surface area contributed by atoms with Gasteiger partial charge in [-0.1, -0.05) is 48.3 Å². The van der Waals surface area contributed by atoms with Crippen molar-refractivity contribution in [2.24, 2.45) is 5.92 Å². The molecule has 1 saturated carbocycles. The molecule has 2 amide bonds. The lowest BCUT2D eigenvalue weighted by atomic mass is 9.62. The Morgan fingerprint density at radius 2 is 2.21 bits per heavy atom. The lowest BCUT2D eigenvalue weighted by molar-refractivity contribution is -0.0795. The maximum Gasteiger partial charge on any atom is 0.318 e. The zero-order valence-corrected chi connectivity index (χ0v) is 13.9. The summed E-state index contributed by atoms with van der Waals surface area (Å²) in [5.74, 6) is 1.58. The fourth-order valence-electron chi connectivity index (χ4n) is 4.28. The second-order valence-corrected chi connectivity index (χ2v) is 6.74. The number of rotatable bonds is 3. The average Bonchev–Trinajstić information content (AvgIpc) is 3.00. The summed E-state index contributed by atoms with van der Waals surface area (Å²) in [6.07, 6.45) is 4.66. The predicted octanol–water partition coefficient (Wildman–Crippen LogP) is 2.99. The minimum atomic E-state index is -0.144. The number of fused-ring (bicyclic) bond motifs is 1. The number of benzene rings is 1. The molecule has 2 heterocycles. The van der Waals surface area contributed by atoms with Gasteiger partial charge in [0.2, 0.25) is 5.89 Å². The summed E-state index contributed by atoms with van der Waals surface area (Å²) in [6.45, 7) is 2.86. The molecule has 2 atom stereocenters. The number of carbonyl (C=O) groups excluding carboxylic acids is 1. The third-order valence-corrected chi connectivity index (χ3v) is 5.40. The molecular weight excluding hydrogens is 304 g/mol. The van der Waals surface area contributed by atoms with Crippen LogP contribution in [0.15, 0.2) is 34.9 Å². The van der Waals surface area contributed by atoms with Crippen molar-refractivity contribution in [2.75, 3.05) is 6.54 Å². The maximum atomic E-state index is 12.8. The number of hydrogen-bond acceptors (Lipinski definition) is 4. The van der Waals surface area contributed by atoms with Crippen LogP contribution in [0.3, 0.4) is 0 Å². The Morgan fingerprint density at radius 1 is 1.38 bits per heavy atom. The zero-order valence-electron chi connectivity index (χ0n) is 13.9. The lowest BCUT2D eigenvalue weighted by Gasteiger charge is -2.61. The molecule has 4 rings (SSSR count). The number of hydrogen-bond donors (Lipinski definition) is 1. The predicted molar refractivity (Wildman–Crippen MR) is 88.1 cm³/mol. The van der Waals surface area contributed by atoms with Gasteiger partial charge < -0.3 is 14.7 Å². The van der Waals surface area contributed by atoms with Crippen molar-refractivity contribution in [3.8, 4) is 0 Å². The Morgan fingerprint density at radius 3 is 2.92 bits per heavy atom. The van der Waals surface area contributed by atoms with Crippen molar-refractivity contribution >= 4 is 6.03 Å². The van der Waals surface area contributed by atoms with Gasteiger partial charge in [0.05, 0.1) is 12.1 Å². The van der Waals surface area contributed by atoms with Gasteiger partial charge in [-0.05, 0) is 25.3 Å². The molecule has 1 aliphatic heterocycles. The zero-order chi connectivity index (χ0) is 16.6. The van der Waals surface area contributed by atoms with E-state index in [4.69, 9.17) is 4.52 Å². The summed E-state index contributed by atoms with van der Waals surface area (Å²) >= 11 is 0. The van der Waals surface area contributed by atoms with E-state index < -0.39 is 0 Å². The molecule has 1 aromatic carbocycles. The molecular formula is C18H22N4O2. The fraction of sp³-hybridized carbons (Fsp3) is 0.500. The van der Waals surface area contributed by atoms with Gasteiger partial charge >= 0.3 is 6.03 Å². The first-order valence-corrected chi connectivity index (χ1v) is 8.60. The van der Waals surface area contributed by atoms with Crippen LogP contribution >= 0.6 is 0 Å². The van der Waals surface area contributed by atoms with Gasteiger partial charge in [-0.2, -0.15) is 4.98 Å². The molecule has 0 radical (unpaired) electrons. The highest BCUT2D eigenvalue weighted by atomic mass is 16.5. The Labute approximate surface area is 141 Å². The topological polar surface area (TPSA) is 71.3 Å². The third kappa shape index (κ3) is 2.37. The maximum absolute atomic E-state index is 12.8. The molecule has 1 saturated heterocycles. The number of carbonyl (C=O) groups is 1. The lowest BCUT2D eigenvalue weighted by Crippen LogP contribution is -2.69. The first-order chi connectivity index (χ1) is 11.7. The molecule has 1 N–H and O–H groups in total. The molecule has 24 heavy (non-hydrogen) atoms. The van der Waals surface area contributed by atoms with Gasteiger partial charge in [0.15, 0.2) is 5.82 Å². The number of aryl methyl sites for hydroxylation is 1. The van der Waals surface area contributed by atoms with Crippen molar-refractivity contribution in [2.45, 2.75) is 44.7 Å².